The van der Waals surface area contributed by atoms with Crippen molar-refractivity contribution in [2.75, 3.05) is 31.9 Å². The second-order valence-corrected chi connectivity index (χ2v) is 16.6. The largest absolute Gasteiger partial charge is 0.333 e. The lowest BCUT2D eigenvalue weighted by molar-refractivity contribution is 0.255. The fraction of sp³-hybridized carbons (Fsp3) is 0.0286. The van der Waals surface area contributed by atoms with Crippen molar-refractivity contribution in [1.29, 1.82) is 0 Å². The third kappa shape index (κ3) is 11.8. The SMILES string of the molecule is Cc1ccc(NC(=O)NS(=O)(=O)c2ccc(NC(=O)Nc3cccc(Br)c3)cc2)cc1NC(=O)NS(=O)(=O)c1ccc(NC(=O)Nc2cccc(Br)c2)cc1. The Morgan fingerprint density at radius 3 is 1.24 bits per heavy atom. The number of aryl methyl sites for hydroxylation is 1. The summed E-state index contributed by atoms with van der Waals surface area (Å²) in [5.41, 5.74) is 2.30. The fourth-order valence-electron chi connectivity index (χ4n) is 4.65. The molecule has 0 bridgehead atoms. The summed E-state index contributed by atoms with van der Waals surface area (Å²) in [7, 11) is -8.71. The number of halogens is 2. The fourth-order valence-corrected chi connectivity index (χ4v) is 7.27. The van der Waals surface area contributed by atoms with E-state index in [1.165, 1.54) is 66.7 Å². The van der Waals surface area contributed by atoms with Gasteiger partial charge in [0.25, 0.3) is 20.0 Å². The molecule has 0 aromatic heterocycles. The van der Waals surface area contributed by atoms with E-state index in [0.717, 1.165) is 8.95 Å². The number of hydrogen-bond donors (Lipinski definition) is 8. The van der Waals surface area contributed by atoms with E-state index in [4.69, 9.17) is 0 Å². The van der Waals surface area contributed by atoms with Gasteiger partial charge in [0.1, 0.15) is 0 Å². The predicted octanol–water partition coefficient (Wildman–Crippen LogP) is 7.83. The van der Waals surface area contributed by atoms with E-state index in [0.29, 0.717) is 16.9 Å². The Bertz CT molecular complexity index is 2490. The van der Waals surface area contributed by atoms with Crippen molar-refractivity contribution in [1.82, 2.24) is 9.44 Å². The van der Waals surface area contributed by atoms with Gasteiger partial charge in [-0.2, -0.15) is 0 Å². The van der Waals surface area contributed by atoms with Crippen molar-refractivity contribution >= 4 is 110 Å². The Morgan fingerprint density at radius 2 is 0.800 bits per heavy atom. The van der Waals surface area contributed by atoms with Crippen molar-refractivity contribution in [2.24, 2.45) is 0 Å². The third-order valence-corrected chi connectivity index (χ3v) is 10.9. The number of amides is 8. The maximum atomic E-state index is 12.9. The van der Waals surface area contributed by atoms with Gasteiger partial charge in [-0.25, -0.2) is 45.5 Å². The molecule has 55 heavy (non-hydrogen) atoms. The summed E-state index contributed by atoms with van der Waals surface area (Å²) in [6.45, 7) is 1.61. The molecule has 5 rings (SSSR count). The number of rotatable bonds is 10. The zero-order valence-electron chi connectivity index (χ0n) is 28.3. The summed E-state index contributed by atoms with van der Waals surface area (Å²) in [5.74, 6) is 0. The van der Waals surface area contributed by atoms with Crippen molar-refractivity contribution < 1.29 is 36.0 Å². The summed E-state index contributed by atoms with van der Waals surface area (Å²) in [4.78, 5) is 49.5. The molecule has 0 aliphatic rings. The molecule has 0 saturated heterocycles. The molecule has 16 nitrogen and oxygen atoms in total. The number of nitrogens with one attached hydrogen (secondary N) is 8. The van der Waals surface area contributed by atoms with E-state index in [1.54, 1.807) is 55.5 Å². The molecule has 0 fully saturated rings. The van der Waals surface area contributed by atoms with Gasteiger partial charge in [0, 0.05) is 43.1 Å². The molecule has 0 radical (unpaired) electrons. The summed E-state index contributed by atoms with van der Waals surface area (Å²) >= 11 is 6.63. The standard InChI is InChI=1S/C35H30Br2N8O8S2/c1-21-8-9-28(42-34(48)44-54(50,51)29-14-10-24(11-15-29)38-32(46)40-26-6-2-4-22(36)18-26)20-31(21)43-35(49)45-55(52,53)30-16-12-25(13-17-30)39-33(47)41-27-7-3-5-23(37)19-27/h2-20H,1H3,(H2,38,40,46)(H2,39,41,47)(H2,42,44,48)(H2,43,45,49). The minimum Gasteiger partial charge on any atom is -0.308 e. The number of hydrogen-bond acceptors (Lipinski definition) is 8. The molecule has 0 unspecified atom stereocenters. The van der Waals surface area contributed by atoms with E-state index < -0.39 is 44.2 Å². The maximum Gasteiger partial charge on any atom is 0.333 e. The van der Waals surface area contributed by atoms with E-state index in [-0.39, 0.29) is 32.5 Å². The van der Waals surface area contributed by atoms with Gasteiger partial charge in [-0.15, -0.1) is 0 Å². The smallest absolute Gasteiger partial charge is 0.308 e. The van der Waals surface area contributed by atoms with Crippen LogP contribution in [0.2, 0.25) is 0 Å². The molecule has 8 N–H and O–H groups in total. The van der Waals surface area contributed by atoms with Crippen LogP contribution in [0, 0.1) is 6.92 Å². The Labute approximate surface area is 332 Å². The summed E-state index contributed by atoms with van der Waals surface area (Å²) in [6.07, 6.45) is 0. The Hall–Kier alpha value is -5.96. The summed E-state index contributed by atoms with van der Waals surface area (Å²) < 4.78 is 56.9. The molecule has 8 amide bonds. The molecule has 0 heterocycles. The van der Waals surface area contributed by atoms with Crippen LogP contribution in [0.25, 0.3) is 0 Å². The van der Waals surface area contributed by atoms with Crippen molar-refractivity contribution in [3.63, 3.8) is 0 Å². The van der Waals surface area contributed by atoms with E-state index in [2.05, 4.69) is 63.8 Å². The molecule has 0 atom stereocenters. The predicted molar refractivity (Wildman–Crippen MR) is 216 cm³/mol. The van der Waals surface area contributed by atoms with Crippen LogP contribution in [0.1, 0.15) is 5.56 Å². The minimum atomic E-state index is -4.36. The number of benzene rings is 5. The molecule has 0 saturated carbocycles. The third-order valence-electron chi connectivity index (χ3n) is 7.21. The number of carbonyl (C=O) groups excluding carboxylic acids is 4. The van der Waals surface area contributed by atoms with Crippen LogP contribution in [0.5, 0.6) is 0 Å². The number of anilines is 6. The molecule has 5 aromatic rings. The molecule has 0 aliphatic carbocycles. The van der Waals surface area contributed by atoms with Crippen LogP contribution in [-0.2, 0) is 20.0 Å². The lowest BCUT2D eigenvalue weighted by Crippen LogP contribution is -2.35. The molecule has 5 aromatic carbocycles. The normalized spacial score (nSPS) is 11.0. The first-order valence-electron chi connectivity index (χ1n) is 15.7. The van der Waals surface area contributed by atoms with Crippen LogP contribution >= 0.6 is 31.9 Å². The average molecular weight is 915 g/mol. The first-order valence-corrected chi connectivity index (χ1v) is 20.3. The van der Waals surface area contributed by atoms with Crippen LogP contribution in [-0.4, -0.2) is 41.0 Å². The van der Waals surface area contributed by atoms with Crippen LogP contribution in [0.15, 0.2) is 134 Å². The molecule has 284 valence electrons. The van der Waals surface area contributed by atoms with Gasteiger partial charge >= 0.3 is 24.1 Å². The topological polar surface area (TPSA) is 233 Å². The van der Waals surface area contributed by atoms with Gasteiger partial charge < -0.3 is 31.9 Å². The van der Waals surface area contributed by atoms with Gasteiger partial charge in [-0.1, -0.05) is 50.1 Å². The highest BCUT2D eigenvalue weighted by atomic mass is 79.9. The van der Waals surface area contributed by atoms with Gasteiger partial charge in [-0.3, -0.25) is 0 Å². The Balaban J connectivity index is 1.13. The van der Waals surface area contributed by atoms with Crippen LogP contribution in [0.4, 0.5) is 53.3 Å². The Morgan fingerprint density at radius 1 is 0.436 bits per heavy atom. The van der Waals surface area contributed by atoms with Crippen molar-refractivity contribution in [3.05, 3.63) is 130 Å². The number of carbonyl (C=O) groups is 4. The highest BCUT2D eigenvalue weighted by Gasteiger charge is 2.20. The van der Waals surface area contributed by atoms with Crippen LogP contribution < -0.4 is 41.3 Å². The zero-order valence-corrected chi connectivity index (χ0v) is 33.1. The molecular weight excluding hydrogens is 884 g/mol. The molecule has 20 heteroatoms. The second-order valence-electron chi connectivity index (χ2n) is 11.4. The Kier molecular flexibility index (Phi) is 12.8. The van der Waals surface area contributed by atoms with Gasteiger partial charge in [-0.05, 0) is 110 Å². The van der Waals surface area contributed by atoms with E-state index in [1.807, 2.05) is 9.44 Å². The second kappa shape index (κ2) is 17.5. The molecule has 0 aliphatic heterocycles. The van der Waals surface area contributed by atoms with E-state index in [9.17, 15) is 36.0 Å². The number of urea groups is 4. The van der Waals surface area contributed by atoms with Crippen molar-refractivity contribution in [3.8, 4) is 0 Å². The summed E-state index contributed by atoms with van der Waals surface area (Å²) in [5, 5.41) is 15.2. The molecular formula is C35H30Br2N8O8S2. The van der Waals surface area contributed by atoms with Gasteiger partial charge in [0.05, 0.1) is 9.79 Å². The first-order chi connectivity index (χ1) is 26.0. The lowest BCUT2D eigenvalue weighted by atomic mass is 10.2. The highest BCUT2D eigenvalue weighted by Crippen LogP contribution is 2.22. The highest BCUT2D eigenvalue weighted by molar-refractivity contribution is 9.10. The maximum absolute atomic E-state index is 12.9. The van der Waals surface area contributed by atoms with Gasteiger partial charge in [0.2, 0.25) is 0 Å². The lowest BCUT2D eigenvalue weighted by Gasteiger charge is -2.14. The average Bonchev–Trinajstić information content (AvgIpc) is 3.09. The summed E-state index contributed by atoms with van der Waals surface area (Å²) in [6, 6.07) is 24.9. The monoisotopic (exact) mass is 912 g/mol. The number of sulfonamides is 2. The van der Waals surface area contributed by atoms with Crippen LogP contribution in [0.3, 0.4) is 0 Å². The zero-order chi connectivity index (χ0) is 39.8. The minimum absolute atomic E-state index is 0.0690. The van der Waals surface area contributed by atoms with Crippen molar-refractivity contribution in [2.45, 2.75) is 16.7 Å². The molecule has 0 spiro atoms. The quantitative estimate of drug-likeness (QED) is 0.0686. The van der Waals surface area contributed by atoms with Gasteiger partial charge in [0.15, 0.2) is 0 Å². The van der Waals surface area contributed by atoms with E-state index >= 15 is 0 Å². The first kappa shape index (κ1) is 40.2.